The number of hydrogen-bond donors (Lipinski definition) is 3. The van der Waals surface area contributed by atoms with Crippen molar-refractivity contribution in [3.63, 3.8) is 0 Å². The predicted molar refractivity (Wildman–Crippen MR) is 47.8 cm³/mol. The van der Waals surface area contributed by atoms with Crippen LogP contribution in [0.15, 0.2) is 12.1 Å². The Labute approximate surface area is 75.4 Å². The summed E-state index contributed by atoms with van der Waals surface area (Å²) in [4.78, 5) is 0. The fourth-order valence-electron chi connectivity index (χ4n) is 1.46. The van der Waals surface area contributed by atoms with Crippen LogP contribution >= 0.6 is 0 Å². The number of rotatable bonds is 1. The lowest BCUT2D eigenvalue weighted by Gasteiger charge is -2.28. The topological polar surface area (TPSA) is 58.3 Å². The second kappa shape index (κ2) is 2.88. The maximum atomic E-state index is 13.0. The number of nitrogens with two attached hydrogens (primary N) is 1. The lowest BCUT2D eigenvalue weighted by atomic mass is 9.96. The Kier molecular flexibility index (Phi) is 1.84. The highest BCUT2D eigenvalue weighted by atomic mass is 19.1. The van der Waals surface area contributed by atoms with E-state index in [9.17, 15) is 9.50 Å². The van der Waals surface area contributed by atoms with Crippen molar-refractivity contribution in [3.05, 3.63) is 23.5 Å². The number of benzene rings is 1. The van der Waals surface area contributed by atoms with E-state index in [1.807, 2.05) is 0 Å². The number of nitrogens with one attached hydrogen (secondary N) is 1. The van der Waals surface area contributed by atoms with Gasteiger partial charge in [0, 0.05) is 23.4 Å². The zero-order valence-electron chi connectivity index (χ0n) is 7.05. The number of nitrogen functional groups attached to an aromatic ring is 1. The van der Waals surface area contributed by atoms with Gasteiger partial charge < -0.3 is 16.2 Å². The number of phenols is 1. The van der Waals surface area contributed by atoms with E-state index in [2.05, 4.69) is 5.32 Å². The third-order valence-corrected chi connectivity index (χ3v) is 2.31. The minimum Gasteiger partial charge on any atom is -0.505 e. The average molecular weight is 182 g/mol. The molecule has 4 N–H and O–H groups in total. The molecule has 1 aliphatic rings. The van der Waals surface area contributed by atoms with Gasteiger partial charge in [0.25, 0.3) is 0 Å². The third kappa shape index (κ3) is 1.33. The van der Waals surface area contributed by atoms with E-state index in [1.54, 1.807) is 6.07 Å². The predicted octanol–water partition coefficient (Wildman–Crippen LogP) is 1.15. The number of aromatic hydroxyl groups is 1. The van der Waals surface area contributed by atoms with Gasteiger partial charge in [-0.25, -0.2) is 4.39 Å². The second-order valence-corrected chi connectivity index (χ2v) is 3.24. The molecule has 0 aromatic heterocycles. The molecule has 4 heteroatoms. The van der Waals surface area contributed by atoms with E-state index in [-0.39, 0.29) is 11.8 Å². The Morgan fingerprint density at radius 1 is 1.54 bits per heavy atom. The molecule has 3 nitrogen and oxygen atoms in total. The van der Waals surface area contributed by atoms with Gasteiger partial charge in [0.1, 0.15) is 0 Å². The number of phenolic OH excluding ortho intramolecular Hbond substituents is 1. The summed E-state index contributed by atoms with van der Waals surface area (Å²) in [6, 6.07) is 2.78. The first kappa shape index (κ1) is 8.31. The molecule has 1 fully saturated rings. The minimum atomic E-state index is -0.649. The molecule has 0 aliphatic carbocycles. The lowest BCUT2D eigenvalue weighted by molar-refractivity contribution is 0.355. The fraction of sp³-hybridized carbons (Fsp3) is 0.333. The molecule has 0 spiro atoms. The minimum absolute atomic E-state index is 0.0537. The van der Waals surface area contributed by atoms with Gasteiger partial charge in [-0.15, -0.1) is 0 Å². The van der Waals surface area contributed by atoms with Crippen LogP contribution in [0.1, 0.15) is 18.0 Å². The maximum absolute atomic E-state index is 13.0. The summed E-state index contributed by atoms with van der Waals surface area (Å²) in [7, 11) is 0. The van der Waals surface area contributed by atoms with Crippen LogP contribution in [0.2, 0.25) is 0 Å². The van der Waals surface area contributed by atoms with Crippen molar-refractivity contribution < 1.29 is 9.50 Å². The Morgan fingerprint density at radius 3 is 2.77 bits per heavy atom. The van der Waals surface area contributed by atoms with Crippen LogP contribution in [0, 0.1) is 5.82 Å². The first-order chi connectivity index (χ1) is 6.18. The van der Waals surface area contributed by atoms with Crippen LogP contribution in [0.5, 0.6) is 5.75 Å². The molecule has 2 rings (SSSR count). The number of hydrogen-bond acceptors (Lipinski definition) is 3. The van der Waals surface area contributed by atoms with E-state index in [0.29, 0.717) is 11.3 Å². The van der Waals surface area contributed by atoms with Crippen molar-refractivity contribution in [1.29, 1.82) is 0 Å². The van der Waals surface area contributed by atoms with Crippen molar-refractivity contribution >= 4 is 5.69 Å². The SMILES string of the molecule is Nc1cc(F)c(O)c(C2CCN2)c1. The lowest BCUT2D eigenvalue weighted by Crippen LogP contribution is -2.35. The molecule has 0 radical (unpaired) electrons. The number of halogens is 1. The molecule has 1 aliphatic heterocycles. The van der Waals surface area contributed by atoms with Crippen molar-refractivity contribution in [2.24, 2.45) is 0 Å². The molecule has 1 aromatic rings. The largest absolute Gasteiger partial charge is 0.505 e. The summed E-state index contributed by atoms with van der Waals surface area (Å²) < 4.78 is 13.0. The summed E-state index contributed by atoms with van der Waals surface area (Å²) in [5, 5.41) is 12.5. The molecule has 1 unspecified atom stereocenters. The molecule has 1 aromatic carbocycles. The Morgan fingerprint density at radius 2 is 2.23 bits per heavy atom. The standard InChI is InChI=1S/C9H11FN2O/c10-7-4-5(11)3-6(9(7)13)8-1-2-12-8/h3-4,8,12-13H,1-2,11H2. The van der Waals surface area contributed by atoms with Crippen LogP contribution in [-0.4, -0.2) is 11.7 Å². The van der Waals surface area contributed by atoms with Gasteiger partial charge in [-0.3, -0.25) is 0 Å². The first-order valence-corrected chi connectivity index (χ1v) is 4.20. The normalized spacial score (nSPS) is 21.2. The van der Waals surface area contributed by atoms with E-state index in [1.165, 1.54) is 0 Å². The van der Waals surface area contributed by atoms with Crippen molar-refractivity contribution in [1.82, 2.24) is 5.32 Å². The molecule has 1 atom stereocenters. The molecule has 1 saturated heterocycles. The Bertz CT molecular complexity index is 337. The first-order valence-electron chi connectivity index (χ1n) is 4.20. The highest BCUT2D eigenvalue weighted by Gasteiger charge is 2.23. The van der Waals surface area contributed by atoms with Gasteiger partial charge >= 0.3 is 0 Å². The number of anilines is 1. The summed E-state index contributed by atoms with van der Waals surface area (Å²) in [6.07, 6.45) is 0.913. The van der Waals surface area contributed by atoms with E-state index >= 15 is 0 Å². The second-order valence-electron chi connectivity index (χ2n) is 3.24. The van der Waals surface area contributed by atoms with Gasteiger partial charge in [-0.05, 0) is 19.0 Å². The molecule has 0 bridgehead atoms. The molecular weight excluding hydrogens is 171 g/mol. The molecule has 0 amide bonds. The summed E-state index contributed by atoms with van der Waals surface area (Å²) >= 11 is 0. The van der Waals surface area contributed by atoms with Crippen molar-refractivity contribution in [3.8, 4) is 5.75 Å². The highest BCUT2D eigenvalue weighted by molar-refractivity contribution is 5.50. The monoisotopic (exact) mass is 182 g/mol. The van der Waals surface area contributed by atoms with Gasteiger partial charge in [-0.2, -0.15) is 0 Å². The Balaban J connectivity index is 2.42. The molecule has 0 saturated carbocycles. The van der Waals surface area contributed by atoms with Crippen molar-refractivity contribution in [2.75, 3.05) is 12.3 Å². The van der Waals surface area contributed by atoms with E-state index in [0.717, 1.165) is 19.0 Å². The van der Waals surface area contributed by atoms with Crippen LogP contribution in [0.4, 0.5) is 10.1 Å². The van der Waals surface area contributed by atoms with Crippen LogP contribution in [0.3, 0.4) is 0 Å². The molecule has 13 heavy (non-hydrogen) atoms. The average Bonchev–Trinajstić information content (AvgIpc) is 1.95. The highest BCUT2D eigenvalue weighted by Crippen LogP contribution is 2.33. The van der Waals surface area contributed by atoms with Crippen molar-refractivity contribution in [2.45, 2.75) is 12.5 Å². The fourth-order valence-corrected chi connectivity index (χ4v) is 1.46. The third-order valence-electron chi connectivity index (χ3n) is 2.31. The maximum Gasteiger partial charge on any atom is 0.167 e. The zero-order valence-corrected chi connectivity index (χ0v) is 7.05. The van der Waals surface area contributed by atoms with Crippen LogP contribution < -0.4 is 11.1 Å². The molecular formula is C9H11FN2O. The van der Waals surface area contributed by atoms with Crippen LogP contribution in [-0.2, 0) is 0 Å². The van der Waals surface area contributed by atoms with E-state index in [4.69, 9.17) is 5.73 Å². The Hall–Kier alpha value is -1.29. The summed E-state index contributed by atoms with van der Waals surface area (Å²) in [5.41, 5.74) is 6.37. The molecule has 70 valence electrons. The van der Waals surface area contributed by atoms with Gasteiger partial charge in [0.15, 0.2) is 11.6 Å². The quantitative estimate of drug-likeness (QED) is 0.451. The van der Waals surface area contributed by atoms with Gasteiger partial charge in [-0.1, -0.05) is 0 Å². The van der Waals surface area contributed by atoms with E-state index < -0.39 is 5.82 Å². The van der Waals surface area contributed by atoms with Gasteiger partial charge in [0.05, 0.1) is 0 Å². The molecule has 1 heterocycles. The summed E-state index contributed by atoms with van der Waals surface area (Å²) in [5.74, 6) is -0.935. The smallest absolute Gasteiger partial charge is 0.167 e. The van der Waals surface area contributed by atoms with Gasteiger partial charge in [0.2, 0.25) is 0 Å². The van der Waals surface area contributed by atoms with Crippen LogP contribution in [0.25, 0.3) is 0 Å². The zero-order chi connectivity index (χ0) is 9.42. The summed E-state index contributed by atoms with van der Waals surface area (Å²) in [6.45, 7) is 0.903.